The van der Waals surface area contributed by atoms with Gasteiger partial charge in [-0.15, -0.1) is 10.2 Å². The number of hydrogen-bond donors (Lipinski definition) is 1. The first-order valence-corrected chi connectivity index (χ1v) is 9.84. The van der Waals surface area contributed by atoms with Crippen molar-refractivity contribution >= 4 is 17.7 Å². The lowest BCUT2D eigenvalue weighted by atomic mass is 10.1. The molecule has 152 valence electrons. The molecular weight excluding hydrogens is 398 g/mol. The molecule has 1 aromatic heterocycles. The number of ether oxygens (including phenoxy) is 1. The number of alkyl halides is 2. The summed E-state index contributed by atoms with van der Waals surface area (Å²) in [4.78, 5) is 12.2. The third-order valence-electron chi connectivity index (χ3n) is 4.18. The van der Waals surface area contributed by atoms with Crippen molar-refractivity contribution in [2.75, 3.05) is 5.75 Å². The minimum absolute atomic E-state index is 0.0738. The highest BCUT2D eigenvalue weighted by Crippen LogP contribution is 2.25. The van der Waals surface area contributed by atoms with Crippen molar-refractivity contribution in [3.8, 4) is 17.1 Å². The molecule has 0 radical (unpaired) electrons. The summed E-state index contributed by atoms with van der Waals surface area (Å²) in [6.07, 6.45) is 0. The number of carbonyl (C=O) groups is 1. The normalized spacial score (nSPS) is 12.0. The Morgan fingerprint density at radius 2 is 1.83 bits per heavy atom. The van der Waals surface area contributed by atoms with E-state index in [0.29, 0.717) is 16.5 Å². The van der Waals surface area contributed by atoms with Gasteiger partial charge in [0.05, 0.1) is 11.8 Å². The molecule has 0 spiro atoms. The molecule has 1 N–H and O–H groups in total. The monoisotopic (exact) mass is 418 g/mol. The second kappa shape index (κ2) is 9.51. The molecule has 0 aliphatic heterocycles. The van der Waals surface area contributed by atoms with Gasteiger partial charge in [0.15, 0.2) is 11.0 Å². The smallest absolute Gasteiger partial charge is 0.387 e. The van der Waals surface area contributed by atoms with E-state index >= 15 is 0 Å². The Balaban J connectivity index is 1.59. The van der Waals surface area contributed by atoms with Crippen LogP contribution in [0.15, 0.2) is 59.8 Å². The fourth-order valence-corrected chi connectivity index (χ4v) is 3.44. The molecule has 1 heterocycles. The van der Waals surface area contributed by atoms with Gasteiger partial charge in [-0.1, -0.05) is 42.1 Å². The Morgan fingerprint density at radius 1 is 1.14 bits per heavy atom. The first kappa shape index (κ1) is 20.8. The van der Waals surface area contributed by atoms with Crippen LogP contribution >= 0.6 is 11.8 Å². The summed E-state index contributed by atoms with van der Waals surface area (Å²) >= 11 is 1.27. The second-order valence-electron chi connectivity index (χ2n) is 6.26. The Morgan fingerprint density at radius 3 is 2.48 bits per heavy atom. The van der Waals surface area contributed by atoms with Crippen LogP contribution in [0.25, 0.3) is 11.4 Å². The van der Waals surface area contributed by atoms with Gasteiger partial charge >= 0.3 is 6.61 Å². The molecule has 0 aliphatic rings. The van der Waals surface area contributed by atoms with E-state index in [-0.39, 0.29) is 23.5 Å². The van der Waals surface area contributed by atoms with Gasteiger partial charge < -0.3 is 14.6 Å². The predicted octanol–water partition coefficient (Wildman–Crippen LogP) is 4.05. The molecule has 0 saturated heterocycles. The zero-order chi connectivity index (χ0) is 20.8. The Labute approximate surface area is 171 Å². The maximum Gasteiger partial charge on any atom is 0.387 e. The molecule has 0 bridgehead atoms. The summed E-state index contributed by atoms with van der Waals surface area (Å²) in [6, 6.07) is 15.8. The number of thioether (sulfide) groups is 1. The van der Waals surface area contributed by atoms with E-state index in [9.17, 15) is 13.6 Å². The Hall–Kier alpha value is -2.94. The Kier molecular flexibility index (Phi) is 6.82. The molecule has 0 aliphatic carbocycles. The lowest BCUT2D eigenvalue weighted by molar-refractivity contribution is -0.119. The summed E-state index contributed by atoms with van der Waals surface area (Å²) < 4.78 is 30.6. The van der Waals surface area contributed by atoms with Gasteiger partial charge in [-0.05, 0) is 36.8 Å². The number of halogens is 2. The van der Waals surface area contributed by atoms with Crippen LogP contribution in [0.3, 0.4) is 0 Å². The molecule has 3 rings (SSSR count). The predicted molar refractivity (Wildman–Crippen MR) is 107 cm³/mol. The van der Waals surface area contributed by atoms with E-state index in [0.717, 1.165) is 5.56 Å². The maximum atomic E-state index is 12.3. The van der Waals surface area contributed by atoms with Crippen LogP contribution in [0.1, 0.15) is 18.5 Å². The van der Waals surface area contributed by atoms with Crippen LogP contribution in [-0.2, 0) is 11.8 Å². The lowest BCUT2D eigenvalue weighted by Gasteiger charge is -2.14. The largest absolute Gasteiger partial charge is 0.435 e. The van der Waals surface area contributed by atoms with Crippen molar-refractivity contribution in [2.45, 2.75) is 24.7 Å². The maximum absolute atomic E-state index is 12.3. The molecule has 6 nitrogen and oxygen atoms in total. The summed E-state index contributed by atoms with van der Waals surface area (Å²) in [5, 5.41) is 11.8. The average Bonchev–Trinajstić information content (AvgIpc) is 3.07. The summed E-state index contributed by atoms with van der Waals surface area (Å²) in [7, 11) is 1.78. The molecule has 1 amide bonds. The summed E-state index contributed by atoms with van der Waals surface area (Å²) in [5.41, 5.74) is 1.74. The van der Waals surface area contributed by atoms with E-state index < -0.39 is 6.61 Å². The van der Waals surface area contributed by atoms with Crippen molar-refractivity contribution in [1.29, 1.82) is 0 Å². The molecular formula is C20H20F2N4O2S. The SMILES string of the molecule is CC(NC(=O)CSc1nnc(-c2ccc(OC(F)F)cc2)n1C)c1ccccc1. The quantitative estimate of drug-likeness (QED) is 0.559. The first-order chi connectivity index (χ1) is 13.9. The van der Waals surface area contributed by atoms with Crippen molar-refractivity contribution in [3.05, 3.63) is 60.2 Å². The lowest BCUT2D eigenvalue weighted by Crippen LogP contribution is -2.28. The number of hydrogen-bond acceptors (Lipinski definition) is 5. The molecule has 1 atom stereocenters. The van der Waals surface area contributed by atoms with Crippen LogP contribution in [0.2, 0.25) is 0 Å². The van der Waals surface area contributed by atoms with Crippen molar-refractivity contribution in [2.24, 2.45) is 7.05 Å². The molecule has 2 aromatic carbocycles. The topological polar surface area (TPSA) is 69.0 Å². The highest BCUT2D eigenvalue weighted by atomic mass is 32.2. The van der Waals surface area contributed by atoms with Gasteiger partial charge in [0.25, 0.3) is 0 Å². The van der Waals surface area contributed by atoms with Gasteiger partial charge in [0, 0.05) is 12.6 Å². The minimum Gasteiger partial charge on any atom is -0.435 e. The molecule has 29 heavy (non-hydrogen) atoms. The Bertz CT molecular complexity index is 949. The van der Waals surface area contributed by atoms with E-state index in [1.54, 1.807) is 23.7 Å². The zero-order valence-corrected chi connectivity index (χ0v) is 16.7. The number of nitrogens with one attached hydrogen (secondary N) is 1. The number of rotatable bonds is 8. The summed E-state index contributed by atoms with van der Waals surface area (Å²) in [6.45, 7) is -0.936. The van der Waals surface area contributed by atoms with Crippen LogP contribution in [0, 0.1) is 0 Å². The van der Waals surface area contributed by atoms with Crippen LogP contribution in [0.5, 0.6) is 5.75 Å². The van der Waals surface area contributed by atoms with E-state index in [2.05, 4.69) is 20.3 Å². The highest BCUT2D eigenvalue weighted by Gasteiger charge is 2.15. The fourth-order valence-electron chi connectivity index (χ4n) is 2.72. The molecule has 0 fully saturated rings. The molecule has 9 heteroatoms. The molecule has 1 unspecified atom stereocenters. The third-order valence-corrected chi connectivity index (χ3v) is 5.20. The number of aromatic nitrogens is 3. The number of nitrogens with zero attached hydrogens (tertiary/aromatic N) is 3. The van der Waals surface area contributed by atoms with Crippen LogP contribution in [-0.4, -0.2) is 33.0 Å². The van der Waals surface area contributed by atoms with Gasteiger partial charge in [0.2, 0.25) is 5.91 Å². The third kappa shape index (κ3) is 5.54. The summed E-state index contributed by atoms with van der Waals surface area (Å²) in [5.74, 6) is 0.730. The standard InChI is InChI=1S/C20H20F2N4O2S/c1-13(14-6-4-3-5-7-14)23-17(27)12-29-20-25-24-18(26(20)2)15-8-10-16(11-9-15)28-19(21)22/h3-11,13,19H,12H2,1-2H3,(H,23,27). The van der Waals surface area contributed by atoms with Gasteiger partial charge in [-0.25, -0.2) is 0 Å². The number of amides is 1. The first-order valence-electron chi connectivity index (χ1n) is 8.86. The van der Waals surface area contributed by atoms with Crippen molar-refractivity contribution in [3.63, 3.8) is 0 Å². The number of benzene rings is 2. The molecule has 0 saturated carbocycles. The minimum atomic E-state index is -2.87. The second-order valence-corrected chi connectivity index (χ2v) is 7.20. The molecule has 3 aromatic rings. The zero-order valence-electron chi connectivity index (χ0n) is 15.9. The van der Waals surface area contributed by atoms with E-state index in [1.807, 2.05) is 37.3 Å². The van der Waals surface area contributed by atoms with Gasteiger partial charge in [0.1, 0.15) is 5.75 Å². The number of carbonyl (C=O) groups excluding carboxylic acids is 1. The average molecular weight is 418 g/mol. The van der Waals surface area contributed by atoms with E-state index in [4.69, 9.17) is 0 Å². The highest BCUT2D eigenvalue weighted by molar-refractivity contribution is 7.99. The fraction of sp³-hybridized carbons (Fsp3) is 0.250. The van der Waals surface area contributed by atoms with Crippen LogP contribution < -0.4 is 10.1 Å². The van der Waals surface area contributed by atoms with Crippen molar-refractivity contribution in [1.82, 2.24) is 20.1 Å². The van der Waals surface area contributed by atoms with Crippen molar-refractivity contribution < 1.29 is 18.3 Å². The van der Waals surface area contributed by atoms with Gasteiger partial charge in [-0.2, -0.15) is 8.78 Å². The van der Waals surface area contributed by atoms with Gasteiger partial charge in [-0.3, -0.25) is 4.79 Å². The van der Waals surface area contributed by atoms with Crippen LogP contribution in [0.4, 0.5) is 8.78 Å². The van der Waals surface area contributed by atoms with E-state index in [1.165, 1.54) is 23.9 Å².